The fraction of sp³-hybridized carbons (Fsp3) is 0.667. The normalized spacial score (nSPS) is 15.5. The van der Waals surface area contributed by atoms with E-state index in [0.29, 0.717) is 11.9 Å². The summed E-state index contributed by atoms with van der Waals surface area (Å²) in [7, 11) is 6.12. The van der Waals surface area contributed by atoms with E-state index in [-0.39, 0.29) is 5.38 Å². The Morgan fingerprint density at radius 2 is 2.00 bits per heavy atom. The first-order valence-corrected chi connectivity index (χ1v) is 6.60. The average molecular weight is 279 g/mol. The van der Waals surface area contributed by atoms with Gasteiger partial charge in [-0.25, -0.2) is 0 Å². The van der Waals surface area contributed by atoms with Crippen LogP contribution in [0, 0.1) is 0 Å². The first kappa shape index (κ1) is 14.8. The van der Waals surface area contributed by atoms with E-state index in [1.807, 2.05) is 33.3 Å². The van der Waals surface area contributed by atoms with Crippen LogP contribution < -0.4 is 0 Å². The number of halogens is 2. The van der Waals surface area contributed by atoms with Crippen LogP contribution in [0.15, 0.2) is 22.8 Å². The molecule has 1 heterocycles. The molecule has 98 valence electrons. The Hall–Kier alpha value is -0.220. The molecule has 5 heteroatoms. The van der Waals surface area contributed by atoms with Crippen molar-refractivity contribution in [3.63, 3.8) is 0 Å². The lowest BCUT2D eigenvalue weighted by molar-refractivity contribution is 0.208. The predicted molar refractivity (Wildman–Crippen MR) is 73.0 cm³/mol. The Balaban J connectivity index is 2.49. The van der Waals surface area contributed by atoms with Gasteiger partial charge in [-0.2, -0.15) is 0 Å². The molecule has 0 aliphatic rings. The largest absolute Gasteiger partial charge is 0.468 e. The van der Waals surface area contributed by atoms with Crippen LogP contribution in [0.5, 0.6) is 0 Å². The van der Waals surface area contributed by atoms with Gasteiger partial charge in [0.05, 0.1) is 6.26 Å². The maximum atomic E-state index is 6.29. The maximum Gasteiger partial charge on any atom is 0.122 e. The minimum absolute atomic E-state index is 0.136. The van der Waals surface area contributed by atoms with Crippen LogP contribution in [0.2, 0.25) is 0 Å². The number of rotatable bonds is 7. The molecule has 0 aliphatic carbocycles. The van der Waals surface area contributed by atoms with Crippen molar-refractivity contribution in [3.8, 4) is 0 Å². The van der Waals surface area contributed by atoms with Gasteiger partial charge in [0, 0.05) is 25.0 Å². The van der Waals surface area contributed by atoms with E-state index in [1.165, 1.54) is 0 Å². The number of alkyl halides is 2. The van der Waals surface area contributed by atoms with Gasteiger partial charge in [-0.3, -0.25) is 4.90 Å². The Morgan fingerprint density at radius 1 is 1.29 bits per heavy atom. The highest BCUT2D eigenvalue weighted by molar-refractivity contribution is 6.20. The Labute approximate surface area is 113 Å². The summed E-state index contributed by atoms with van der Waals surface area (Å²) >= 11 is 12.3. The predicted octanol–water partition coefficient (Wildman–Crippen LogP) is 2.66. The maximum absolute atomic E-state index is 6.29. The molecule has 0 N–H and O–H groups in total. The van der Waals surface area contributed by atoms with Gasteiger partial charge in [0.15, 0.2) is 0 Å². The molecular weight excluding hydrogens is 259 g/mol. The van der Waals surface area contributed by atoms with Crippen molar-refractivity contribution >= 4 is 23.2 Å². The van der Waals surface area contributed by atoms with Crippen molar-refractivity contribution in [2.75, 3.05) is 40.1 Å². The number of likely N-dealkylation sites (N-methyl/N-ethyl adjacent to an activating group) is 2. The minimum atomic E-state index is -0.136. The van der Waals surface area contributed by atoms with E-state index in [0.717, 1.165) is 18.8 Å². The summed E-state index contributed by atoms with van der Waals surface area (Å²) in [6, 6.07) is 4.04. The Bertz CT molecular complexity index is 303. The molecule has 3 nitrogen and oxygen atoms in total. The summed E-state index contributed by atoms with van der Waals surface area (Å²) in [5, 5.41) is -0.136. The van der Waals surface area contributed by atoms with E-state index in [2.05, 4.69) is 9.80 Å². The molecule has 0 aliphatic heterocycles. The van der Waals surface area contributed by atoms with E-state index in [1.54, 1.807) is 6.26 Å². The second-order valence-corrected chi connectivity index (χ2v) is 5.33. The van der Waals surface area contributed by atoms with Crippen LogP contribution in [0.3, 0.4) is 0 Å². The molecule has 0 saturated carbocycles. The van der Waals surface area contributed by atoms with E-state index < -0.39 is 0 Å². The van der Waals surface area contributed by atoms with Gasteiger partial charge in [0.1, 0.15) is 11.1 Å². The average Bonchev–Trinajstić information content (AvgIpc) is 2.78. The molecule has 0 fully saturated rings. The van der Waals surface area contributed by atoms with Gasteiger partial charge in [0.2, 0.25) is 0 Å². The quantitative estimate of drug-likeness (QED) is 0.715. The molecule has 2 unspecified atom stereocenters. The van der Waals surface area contributed by atoms with E-state index in [9.17, 15) is 0 Å². The van der Waals surface area contributed by atoms with Gasteiger partial charge >= 0.3 is 0 Å². The van der Waals surface area contributed by atoms with Crippen LogP contribution in [0.25, 0.3) is 0 Å². The number of hydrogen-bond donors (Lipinski definition) is 0. The summed E-state index contributed by atoms with van der Waals surface area (Å²) in [5.41, 5.74) is 0. The molecule has 0 radical (unpaired) electrons. The third-order valence-electron chi connectivity index (χ3n) is 2.68. The lowest BCUT2D eigenvalue weighted by atomic mass is 10.2. The zero-order chi connectivity index (χ0) is 12.8. The summed E-state index contributed by atoms with van der Waals surface area (Å²) in [4.78, 5) is 4.30. The zero-order valence-corrected chi connectivity index (χ0v) is 12.1. The summed E-state index contributed by atoms with van der Waals surface area (Å²) < 4.78 is 5.29. The van der Waals surface area contributed by atoms with Crippen LogP contribution in [-0.4, -0.2) is 56.0 Å². The third kappa shape index (κ3) is 4.88. The van der Waals surface area contributed by atoms with Crippen LogP contribution in [0.1, 0.15) is 11.1 Å². The molecule has 0 aromatic carbocycles. The van der Waals surface area contributed by atoms with Gasteiger partial charge in [-0.15, -0.1) is 23.2 Å². The highest BCUT2D eigenvalue weighted by Crippen LogP contribution is 2.22. The topological polar surface area (TPSA) is 19.6 Å². The standard InChI is InChI=1S/C12H20Cl2N2O/c1-15(2)8-10(7-13)16(3)9-11(14)12-5-4-6-17-12/h4-6,10-11H,7-9H2,1-3H3. The molecule has 0 saturated heterocycles. The molecule has 1 aromatic heterocycles. The second kappa shape index (κ2) is 7.27. The van der Waals surface area contributed by atoms with Gasteiger partial charge < -0.3 is 9.32 Å². The molecule has 0 amide bonds. The SMILES string of the molecule is CN(C)CC(CCl)N(C)CC(Cl)c1ccco1. The number of hydrogen-bond acceptors (Lipinski definition) is 3. The second-order valence-electron chi connectivity index (χ2n) is 4.49. The molecule has 1 rings (SSSR count). The molecule has 0 spiro atoms. The number of nitrogens with zero attached hydrogens (tertiary/aromatic N) is 2. The van der Waals surface area contributed by atoms with Crippen molar-refractivity contribution in [2.45, 2.75) is 11.4 Å². The van der Waals surface area contributed by atoms with E-state index in [4.69, 9.17) is 27.6 Å². The van der Waals surface area contributed by atoms with Crippen molar-refractivity contribution < 1.29 is 4.42 Å². The lowest BCUT2D eigenvalue weighted by Gasteiger charge is -2.29. The van der Waals surface area contributed by atoms with Crippen molar-refractivity contribution in [1.29, 1.82) is 0 Å². The fourth-order valence-corrected chi connectivity index (χ4v) is 2.36. The summed E-state index contributed by atoms with van der Waals surface area (Å²) in [5.74, 6) is 1.40. The van der Waals surface area contributed by atoms with E-state index >= 15 is 0 Å². The lowest BCUT2D eigenvalue weighted by Crippen LogP contribution is -2.42. The highest BCUT2D eigenvalue weighted by atomic mass is 35.5. The van der Waals surface area contributed by atoms with Gasteiger partial charge in [-0.1, -0.05) is 0 Å². The number of furan rings is 1. The van der Waals surface area contributed by atoms with Crippen LogP contribution in [0.4, 0.5) is 0 Å². The van der Waals surface area contributed by atoms with Crippen molar-refractivity contribution in [1.82, 2.24) is 9.80 Å². The smallest absolute Gasteiger partial charge is 0.122 e. The van der Waals surface area contributed by atoms with Crippen LogP contribution >= 0.6 is 23.2 Å². The van der Waals surface area contributed by atoms with Gasteiger partial charge in [0.25, 0.3) is 0 Å². The Kier molecular flexibility index (Phi) is 6.34. The molecule has 0 bridgehead atoms. The first-order valence-electron chi connectivity index (χ1n) is 5.63. The van der Waals surface area contributed by atoms with Gasteiger partial charge in [-0.05, 0) is 33.3 Å². The monoisotopic (exact) mass is 278 g/mol. The first-order chi connectivity index (χ1) is 8.04. The summed E-state index contributed by atoms with van der Waals surface area (Å²) in [6.07, 6.45) is 1.64. The fourth-order valence-electron chi connectivity index (χ4n) is 1.69. The van der Waals surface area contributed by atoms with Crippen molar-refractivity contribution in [3.05, 3.63) is 24.2 Å². The summed E-state index contributed by atoms with van der Waals surface area (Å²) in [6.45, 7) is 1.64. The third-order valence-corrected chi connectivity index (χ3v) is 3.39. The molecule has 17 heavy (non-hydrogen) atoms. The highest BCUT2D eigenvalue weighted by Gasteiger charge is 2.19. The molecular formula is C12H20Cl2N2O. The zero-order valence-electron chi connectivity index (χ0n) is 10.6. The van der Waals surface area contributed by atoms with Crippen molar-refractivity contribution in [2.24, 2.45) is 0 Å². The minimum Gasteiger partial charge on any atom is -0.468 e. The Morgan fingerprint density at radius 3 is 2.47 bits per heavy atom. The van der Waals surface area contributed by atoms with Crippen LogP contribution in [-0.2, 0) is 0 Å². The molecule has 2 atom stereocenters. The molecule has 1 aromatic rings.